The second kappa shape index (κ2) is 4.45. The van der Waals surface area contributed by atoms with Crippen LogP contribution in [0.25, 0.3) is 0 Å². The van der Waals surface area contributed by atoms with Gasteiger partial charge in [0.2, 0.25) is 0 Å². The Labute approximate surface area is 83.3 Å². The van der Waals surface area contributed by atoms with Gasteiger partial charge in [0.25, 0.3) is 0 Å². The first-order valence-corrected chi connectivity index (χ1v) is 5.80. The van der Waals surface area contributed by atoms with Crippen molar-refractivity contribution < 1.29 is 0 Å². The Morgan fingerprint density at radius 2 is 1.62 bits per heavy atom. The van der Waals surface area contributed by atoms with Crippen molar-refractivity contribution in [3.05, 3.63) is 0 Å². The van der Waals surface area contributed by atoms with Crippen LogP contribution in [0.15, 0.2) is 0 Å². The molecule has 1 rings (SSSR count). The zero-order valence-corrected chi connectivity index (χ0v) is 9.69. The van der Waals surface area contributed by atoms with Crippen LogP contribution in [-0.2, 0) is 0 Å². The highest BCUT2D eigenvalue weighted by Gasteiger charge is 2.26. The van der Waals surface area contributed by atoms with E-state index in [1.807, 2.05) is 0 Å². The van der Waals surface area contributed by atoms with E-state index in [9.17, 15) is 0 Å². The molecule has 78 valence electrons. The van der Waals surface area contributed by atoms with Crippen molar-refractivity contribution in [3.8, 4) is 0 Å². The minimum absolute atomic E-state index is 0.308. The standard InChI is InChI=1S/C12H25N/c1-10(2)12(3,4)13-11-8-6-5-7-9-11/h10-11,13H,5-9H2,1-4H3. The molecule has 0 heterocycles. The van der Waals surface area contributed by atoms with Crippen molar-refractivity contribution >= 4 is 0 Å². The van der Waals surface area contributed by atoms with Crippen LogP contribution in [0.2, 0.25) is 0 Å². The molecule has 1 nitrogen and oxygen atoms in total. The summed E-state index contributed by atoms with van der Waals surface area (Å²) in [5.41, 5.74) is 0.308. The highest BCUT2D eigenvalue weighted by molar-refractivity contribution is 4.86. The fraction of sp³-hybridized carbons (Fsp3) is 1.00. The van der Waals surface area contributed by atoms with Gasteiger partial charge in [0, 0.05) is 11.6 Å². The Bertz CT molecular complexity index is 143. The largest absolute Gasteiger partial charge is 0.309 e. The highest BCUT2D eigenvalue weighted by atomic mass is 15.0. The lowest BCUT2D eigenvalue weighted by Gasteiger charge is -2.37. The molecule has 1 fully saturated rings. The van der Waals surface area contributed by atoms with Crippen LogP contribution in [-0.4, -0.2) is 11.6 Å². The van der Waals surface area contributed by atoms with Crippen molar-refractivity contribution in [2.45, 2.75) is 71.4 Å². The Kier molecular flexibility index (Phi) is 3.78. The minimum atomic E-state index is 0.308. The molecule has 0 aromatic rings. The van der Waals surface area contributed by atoms with Crippen LogP contribution in [0.5, 0.6) is 0 Å². The summed E-state index contributed by atoms with van der Waals surface area (Å²) in [6.07, 6.45) is 7.06. The first-order chi connectivity index (χ1) is 6.02. The van der Waals surface area contributed by atoms with Gasteiger partial charge in [-0.2, -0.15) is 0 Å². The number of rotatable bonds is 3. The number of hydrogen-bond donors (Lipinski definition) is 1. The zero-order chi connectivity index (χ0) is 9.90. The molecule has 1 aliphatic rings. The van der Waals surface area contributed by atoms with Crippen LogP contribution in [0.1, 0.15) is 59.8 Å². The number of hydrogen-bond acceptors (Lipinski definition) is 1. The molecule has 0 atom stereocenters. The van der Waals surface area contributed by atoms with Gasteiger partial charge in [-0.15, -0.1) is 0 Å². The van der Waals surface area contributed by atoms with E-state index in [1.54, 1.807) is 0 Å². The van der Waals surface area contributed by atoms with Crippen LogP contribution in [0.3, 0.4) is 0 Å². The number of nitrogens with one attached hydrogen (secondary N) is 1. The summed E-state index contributed by atoms with van der Waals surface area (Å²) in [6.45, 7) is 9.25. The predicted octanol–water partition coefficient (Wildman–Crippen LogP) is 3.34. The molecule has 0 saturated heterocycles. The Balaban J connectivity index is 2.37. The summed E-state index contributed by atoms with van der Waals surface area (Å²) in [4.78, 5) is 0. The van der Waals surface area contributed by atoms with E-state index in [-0.39, 0.29) is 0 Å². The van der Waals surface area contributed by atoms with Gasteiger partial charge in [-0.25, -0.2) is 0 Å². The minimum Gasteiger partial charge on any atom is -0.309 e. The quantitative estimate of drug-likeness (QED) is 0.707. The lowest BCUT2D eigenvalue weighted by Crippen LogP contribution is -2.50. The van der Waals surface area contributed by atoms with E-state index in [2.05, 4.69) is 33.0 Å². The molecule has 0 radical (unpaired) electrons. The van der Waals surface area contributed by atoms with Crippen molar-refractivity contribution in [1.82, 2.24) is 5.32 Å². The monoisotopic (exact) mass is 183 g/mol. The smallest absolute Gasteiger partial charge is 0.0150 e. The fourth-order valence-electron chi connectivity index (χ4n) is 1.94. The summed E-state index contributed by atoms with van der Waals surface area (Å²) < 4.78 is 0. The first-order valence-electron chi connectivity index (χ1n) is 5.80. The molecule has 0 unspecified atom stereocenters. The van der Waals surface area contributed by atoms with Crippen molar-refractivity contribution in [3.63, 3.8) is 0 Å². The SMILES string of the molecule is CC(C)C(C)(C)NC1CCCCC1. The first kappa shape index (κ1) is 11.0. The zero-order valence-electron chi connectivity index (χ0n) is 9.69. The third-order valence-corrected chi connectivity index (χ3v) is 3.62. The second-order valence-corrected chi connectivity index (χ2v) is 5.36. The Morgan fingerprint density at radius 3 is 2.08 bits per heavy atom. The van der Waals surface area contributed by atoms with E-state index >= 15 is 0 Å². The van der Waals surface area contributed by atoms with Gasteiger partial charge in [-0.05, 0) is 32.6 Å². The molecular weight excluding hydrogens is 158 g/mol. The maximum atomic E-state index is 3.79. The molecule has 0 spiro atoms. The van der Waals surface area contributed by atoms with Crippen LogP contribution in [0.4, 0.5) is 0 Å². The lowest BCUT2D eigenvalue weighted by molar-refractivity contribution is 0.225. The molecule has 1 aliphatic carbocycles. The fourth-order valence-corrected chi connectivity index (χ4v) is 1.94. The molecule has 1 heteroatoms. The normalized spacial score (nSPS) is 21.0. The lowest BCUT2D eigenvalue weighted by atomic mass is 9.87. The topological polar surface area (TPSA) is 12.0 Å². The molecule has 0 aromatic heterocycles. The average Bonchev–Trinajstić information content (AvgIpc) is 2.05. The molecule has 0 bridgehead atoms. The van der Waals surface area contributed by atoms with Gasteiger partial charge in [-0.1, -0.05) is 33.1 Å². The molecule has 13 heavy (non-hydrogen) atoms. The van der Waals surface area contributed by atoms with Gasteiger partial charge < -0.3 is 5.32 Å². The predicted molar refractivity (Wildman–Crippen MR) is 58.9 cm³/mol. The van der Waals surface area contributed by atoms with Gasteiger partial charge in [0.05, 0.1) is 0 Å². The molecule has 1 N–H and O–H groups in total. The summed E-state index contributed by atoms with van der Waals surface area (Å²) >= 11 is 0. The van der Waals surface area contributed by atoms with Crippen molar-refractivity contribution in [2.24, 2.45) is 5.92 Å². The van der Waals surface area contributed by atoms with Crippen molar-refractivity contribution in [1.29, 1.82) is 0 Å². The van der Waals surface area contributed by atoms with Gasteiger partial charge in [-0.3, -0.25) is 0 Å². The van der Waals surface area contributed by atoms with Crippen molar-refractivity contribution in [2.75, 3.05) is 0 Å². The van der Waals surface area contributed by atoms with Gasteiger partial charge in [0.1, 0.15) is 0 Å². The second-order valence-electron chi connectivity index (χ2n) is 5.36. The summed E-state index contributed by atoms with van der Waals surface area (Å²) in [7, 11) is 0. The molecule has 0 amide bonds. The van der Waals surface area contributed by atoms with Gasteiger partial charge >= 0.3 is 0 Å². The summed E-state index contributed by atoms with van der Waals surface area (Å²) in [6, 6.07) is 0.783. The Hall–Kier alpha value is -0.0400. The molecule has 0 aliphatic heterocycles. The van der Waals surface area contributed by atoms with Crippen LogP contribution >= 0.6 is 0 Å². The average molecular weight is 183 g/mol. The van der Waals surface area contributed by atoms with Crippen LogP contribution in [0, 0.1) is 5.92 Å². The highest BCUT2D eigenvalue weighted by Crippen LogP contribution is 2.23. The summed E-state index contributed by atoms with van der Waals surface area (Å²) in [5.74, 6) is 0.717. The van der Waals surface area contributed by atoms with E-state index < -0.39 is 0 Å². The van der Waals surface area contributed by atoms with E-state index in [0.717, 1.165) is 12.0 Å². The molecule has 1 saturated carbocycles. The third kappa shape index (κ3) is 3.30. The molecule has 0 aromatic carbocycles. The van der Waals surface area contributed by atoms with Crippen LogP contribution < -0.4 is 5.32 Å². The third-order valence-electron chi connectivity index (χ3n) is 3.62. The van der Waals surface area contributed by atoms with E-state index in [1.165, 1.54) is 32.1 Å². The van der Waals surface area contributed by atoms with E-state index in [4.69, 9.17) is 0 Å². The maximum Gasteiger partial charge on any atom is 0.0150 e. The molecular formula is C12H25N. The maximum absolute atomic E-state index is 3.79. The van der Waals surface area contributed by atoms with Gasteiger partial charge in [0.15, 0.2) is 0 Å². The van der Waals surface area contributed by atoms with E-state index in [0.29, 0.717) is 5.54 Å². The Morgan fingerprint density at radius 1 is 1.08 bits per heavy atom. The summed E-state index contributed by atoms with van der Waals surface area (Å²) in [5, 5.41) is 3.79.